The van der Waals surface area contributed by atoms with Crippen molar-refractivity contribution in [1.29, 1.82) is 0 Å². The summed E-state index contributed by atoms with van der Waals surface area (Å²) in [5.41, 5.74) is 0. The molecule has 0 radical (unpaired) electrons. The van der Waals surface area contributed by atoms with E-state index in [9.17, 15) is 0 Å². The Morgan fingerprint density at radius 3 is 2.74 bits per heavy atom. The number of hydrogen-bond donors (Lipinski definition) is 2. The molecule has 0 aliphatic carbocycles. The Bertz CT molecular complexity index is 560. The van der Waals surface area contributed by atoms with E-state index in [0.29, 0.717) is 0 Å². The van der Waals surface area contributed by atoms with Crippen LogP contribution in [0.1, 0.15) is 24.8 Å². The van der Waals surface area contributed by atoms with Crippen molar-refractivity contribution in [2.75, 3.05) is 17.2 Å². The maximum absolute atomic E-state index is 5.95. The van der Waals surface area contributed by atoms with Crippen molar-refractivity contribution in [2.24, 2.45) is 0 Å². The number of nitrogens with one attached hydrogen (secondary N) is 2. The van der Waals surface area contributed by atoms with Gasteiger partial charge in [-0.1, -0.05) is 11.6 Å². The molecule has 0 saturated heterocycles. The average molecular weight is 362 g/mol. The predicted octanol–water partition coefficient (Wildman–Crippen LogP) is 4.56. The Morgan fingerprint density at radius 2 is 2.11 bits per heavy atom. The number of halogens is 2. The van der Waals surface area contributed by atoms with E-state index >= 15 is 0 Å². The smallest absolute Gasteiger partial charge is 0.146 e. The number of rotatable bonds is 5. The van der Waals surface area contributed by atoms with Crippen LogP contribution in [-0.4, -0.2) is 16.5 Å². The second-order valence-electron chi connectivity index (χ2n) is 3.92. The zero-order valence-electron chi connectivity index (χ0n) is 10.6. The molecule has 7 heteroatoms. The molecule has 4 nitrogen and oxygen atoms in total. The number of hydrogen-bond acceptors (Lipinski definition) is 5. The SMILES string of the molecule is CCNc1ncnc(NC(C)c2ccc(Cl)s2)c1Br. The van der Waals surface area contributed by atoms with Crippen molar-refractivity contribution in [3.05, 3.63) is 32.1 Å². The van der Waals surface area contributed by atoms with Crippen LogP contribution in [-0.2, 0) is 0 Å². The molecule has 0 aromatic carbocycles. The Labute approximate surface area is 129 Å². The lowest BCUT2D eigenvalue weighted by Gasteiger charge is -2.15. The second-order valence-corrected chi connectivity index (χ2v) is 6.46. The van der Waals surface area contributed by atoms with Crippen molar-refractivity contribution in [3.8, 4) is 0 Å². The number of anilines is 2. The Kier molecular flexibility index (Phi) is 5.01. The molecule has 2 aromatic rings. The van der Waals surface area contributed by atoms with Crippen LogP contribution in [0.25, 0.3) is 0 Å². The van der Waals surface area contributed by atoms with E-state index in [4.69, 9.17) is 11.6 Å². The van der Waals surface area contributed by atoms with E-state index in [-0.39, 0.29) is 6.04 Å². The summed E-state index contributed by atoms with van der Waals surface area (Å²) >= 11 is 11.0. The summed E-state index contributed by atoms with van der Waals surface area (Å²) in [6.45, 7) is 4.91. The third-order valence-electron chi connectivity index (χ3n) is 2.51. The molecular formula is C12H14BrClN4S. The van der Waals surface area contributed by atoms with Crippen LogP contribution in [0.3, 0.4) is 0 Å². The van der Waals surface area contributed by atoms with Gasteiger partial charge in [-0.3, -0.25) is 0 Å². The summed E-state index contributed by atoms with van der Waals surface area (Å²) in [5.74, 6) is 1.55. The minimum Gasteiger partial charge on any atom is -0.369 e. The van der Waals surface area contributed by atoms with Crippen molar-refractivity contribution in [3.63, 3.8) is 0 Å². The Hall–Kier alpha value is -0.850. The minimum absolute atomic E-state index is 0.137. The van der Waals surface area contributed by atoms with Gasteiger partial charge in [-0.2, -0.15) is 0 Å². The topological polar surface area (TPSA) is 49.8 Å². The number of thiophene rings is 1. The molecular weight excluding hydrogens is 348 g/mol. The lowest BCUT2D eigenvalue weighted by Crippen LogP contribution is -2.09. The first-order valence-electron chi connectivity index (χ1n) is 5.88. The van der Waals surface area contributed by atoms with Gasteiger partial charge in [0.25, 0.3) is 0 Å². The normalized spacial score (nSPS) is 12.2. The van der Waals surface area contributed by atoms with E-state index in [2.05, 4.69) is 43.5 Å². The highest BCUT2D eigenvalue weighted by Gasteiger charge is 2.13. The standard InChI is InChI=1S/C12H14BrClN4S/c1-3-15-11-10(13)12(17-6-16-11)18-7(2)8-4-5-9(14)19-8/h4-7H,3H2,1-2H3,(H2,15,16,17,18). The van der Waals surface area contributed by atoms with E-state index in [0.717, 1.165) is 27.0 Å². The molecule has 0 bridgehead atoms. The monoisotopic (exact) mass is 360 g/mol. The Morgan fingerprint density at radius 1 is 1.37 bits per heavy atom. The second kappa shape index (κ2) is 6.54. The van der Waals surface area contributed by atoms with Crippen LogP contribution in [0.2, 0.25) is 4.34 Å². The summed E-state index contributed by atoms with van der Waals surface area (Å²) in [5, 5.41) is 6.53. The maximum atomic E-state index is 5.95. The zero-order chi connectivity index (χ0) is 13.8. The molecule has 1 atom stereocenters. The van der Waals surface area contributed by atoms with Crippen molar-refractivity contribution < 1.29 is 0 Å². The summed E-state index contributed by atoms with van der Waals surface area (Å²) in [6, 6.07) is 4.06. The van der Waals surface area contributed by atoms with Crippen LogP contribution < -0.4 is 10.6 Å². The van der Waals surface area contributed by atoms with Crippen molar-refractivity contribution in [2.45, 2.75) is 19.9 Å². The molecule has 0 aliphatic rings. The molecule has 2 aromatic heterocycles. The molecule has 0 fully saturated rings. The molecule has 0 amide bonds. The highest BCUT2D eigenvalue weighted by Crippen LogP contribution is 2.32. The van der Waals surface area contributed by atoms with Gasteiger partial charge in [0.2, 0.25) is 0 Å². The van der Waals surface area contributed by atoms with Gasteiger partial charge >= 0.3 is 0 Å². The summed E-state index contributed by atoms with van der Waals surface area (Å²) in [6.07, 6.45) is 1.54. The van der Waals surface area contributed by atoms with E-state index in [1.54, 1.807) is 17.7 Å². The first kappa shape index (κ1) is 14.6. The average Bonchev–Trinajstić information content (AvgIpc) is 2.81. The van der Waals surface area contributed by atoms with Gasteiger partial charge in [-0.05, 0) is 41.9 Å². The third kappa shape index (κ3) is 3.58. The van der Waals surface area contributed by atoms with E-state index in [1.165, 1.54) is 4.88 Å². The Balaban J connectivity index is 2.16. The molecule has 2 N–H and O–H groups in total. The molecule has 1 unspecified atom stereocenters. The van der Waals surface area contributed by atoms with E-state index < -0.39 is 0 Å². The fraction of sp³-hybridized carbons (Fsp3) is 0.333. The van der Waals surface area contributed by atoms with E-state index in [1.807, 2.05) is 19.1 Å². The van der Waals surface area contributed by atoms with Gasteiger partial charge in [0.1, 0.15) is 22.4 Å². The van der Waals surface area contributed by atoms with Crippen molar-refractivity contribution >= 4 is 50.5 Å². The van der Waals surface area contributed by atoms with Crippen LogP contribution in [0, 0.1) is 0 Å². The predicted molar refractivity (Wildman–Crippen MR) is 85.3 cm³/mol. The quantitative estimate of drug-likeness (QED) is 0.819. The largest absolute Gasteiger partial charge is 0.369 e. The first-order valence-corrected chi connectivity index (χ1v) is 7.86. The summed E-state index contributed by atoms with van der Waals surface area (Å²) < 4.78 is 1.63. The third-order valence-corrected chi connectivity index (χ3v) is 4.67. The van der Waals surface area contributed by atoms with Gasteiger partial charge in [0, 0.05) is 11.4 Å². The van der Waals surface area contributed by atoms with Crippen LogP contribution in [0.5, 0.6) is 0 Å². The molecule has 0 saturated carbocycles. The van der Waals surface area contributed by atoms with Crippen LogP contribution in [0.4, 0.5) is 11.6 Å². The molecule has 2 heterocycles. The van der Waals surface area contributed by atoms with Gasteiger partial charge in [0.05, 0.1) is 10.4 Å². The van der Waals surface area contributed by atoms with Crippen LogP contribution >= 0.6 is 38.9 Å². The number of nitrogens with zero attached hydrogens (tertiary/aromatic N) is 2. The molecule has 102 valence electrons. The minimum atomic E-state index is 0.137. The molecule has 2 rings (SSSR count). The van der Waals surface area contributed by atoms with Gasteiger partial charge in [-0.25, -0.2) is 9.97 Å². The lowest BCUT2D eigenvalue weighted by atomic mass is 10.3. The molecule has 0 aliphatic heterocycles. The highest BCUT2D eigenvalue weighted by molar-refractivity contribution is 9.10. The molecule has 0 spiro atoms. The van der Waals surface area contributed by atoms with Crippen LogP contribution in [0.15, 0.2) is 22.9 Å². The maximum Gasteiger partial charge on any atom is 0.146 e. The highest BCUT2D eigenvalue weighted by atomic mass is 79.9. The van der Waals surface area contributed by atoms with Crippen molar-refractivity contribution in [1.82, 2.24) is 9.97 Å². The first-order chi connectivity index (χ1) is 9.11. The van der Waals surface area contributed by atoms with Gasteiger partial charge in [-0.15, -0.1) is 11.3 Å². The molecule has 19 heavy (non-hydrogen) atoms. The summed E-state index contributed by atoms with van der Waals surface area (Å²) in [7, 11) is 0. The number of aromatic nitrogens is 2. The summed E-state index contributed by atoms with van der Waals surface area (Å²) in [4.78, 5) is 9.61. The fourth-order valence-corrected chi connectivity index (χ4v) is 3.12. The lowest BCUT2D eigenvalue weighted by molar-refractivity contribution is 0.890. The zero-order valence-corrected chi connectivity index (χ0v) is 13.7. The fourth-order valence-electron chi connectivity index (χ4n) is 1.60. The van der Waals surface area contributed by atoms with Gasteiger partial charge < -0.3 is 10.6 Å². The van der Waals surface area contributed by atoms with Gasteiger partial charge in [0.15, 0.2) is 0 Å².